The quantitative estimate of drug-likeness (QED) is 0.0975. The van der Waals surface area contributed by atoms with Crippen molar-refractivity contribution in [3.63, 3.8) is 0 Å². The van der Waals surface area contributed by atoms with Crippen molar-refractivity contribution in [1.82, 2.24) is 0 Å². The maximum Gasteiger partial charge on any atom is 0.469 e. The number of hydrogen-bond acceptors (Lipinski definition) is 6. The van der Waals surface area contributed by atoms with Crippen molar-refractivity contribution in [3.05, 3.63) is 0 Å². The smallest absolute Gasteiger partial charge is 0.462 e. The van der Waals surface area contributed by atoms with Gasteiger partial charge in [0.2, 0.25) is 0 Å². The van der Waals surface area contributed by atoms with Crippen molar-refractivity contribution in [2.45, 2.75) is 129 Å². The van der Waals surface area contributed by atoms with Crippen LogP contribution in [0.3, 0.4) is 0 Å². The molecule has 9 heteroatoms. The largest absolute Gasteiger partial charge is 0.469 e. The molecule has 2 N–H and O–H groups in total. The van der Waals surface area contributed by atoms with Gasteiger partial charge < -0.3 is 19.3 Å². The summed E-state index contributed by atoms with van der Waals surface area (Å²) in [5.41, 5.74) is 0. The number of carbonyl (C=O) groups is 2. The highest BCUT2D eigenvalue weighted by Gasteiger charge is 2.22. The molecule has 0 aliphatic heterocycles. The van der Waals surface area contributed by atoms with Crippen molar-refractivity contribution < 1.29 is 37.9 Å². The van der Waals surface area contributed by atoms with Crippen LogP contribution in [0, 0.1) is 0 Å². The van der Waals surface area contributed by atoms with Crippen molar-refractivity contribution in [3.8, 4) is 0 Å². The first kappa shape index (κ1) is 32.0. The van der Waals surface area contributed by atoms with Gasteiger partial charge in [0.25, 0.3) is 0 Å². The van der Waals surface area contributed by atoms with Crippen LogP contribution in [-0.4, -0.2) is 41.0 Å². The van der Waals surface area contributed by atoms with E-state index in [2.05, 4.69) is 11.4 Å². The number of hydrogen-bond donors (Lipinski definition) is 2. The maximum atomic E-state index is 12.1. The second kappa shape index (κ2) is 21.6. The molecule has 196 valence electrons. The Morgan fingerprint density at radius 1 is 0.667 bits per heavy atom. The average Bonchev–Trinajstić information content (AvgIpc) is 2.76. The molecule has 0 aromatic heterocycles. The van der Waals surface area contributed by atoms with Crippen LogP contribution in [0.2, 0.25) is 0 Å². The van der Waals surface area contributed by atoms with E-state index in [0.29, 0.717) is 12.8 Å². The molecule has 0 bridgehead atoms. The molecule has 0 aromatic carbocycles. The van der Waals surface area contributed by atoms with Crippen molar-refractivity contribution in [1.29, 1.82) is 0 Å². The number of carbonyl (C=O) groups excluding carboxylic acids is 2. The van der Waals surface area contributed by atoms with Gasteiger partial charge in [0.15, 0.2) is 6.10 Å². The van der Waals surface area contributed by atoms with Gasteiger partial charge in [-0.2, -0.15) is 0 Å². The highest BCUT2D eigenvalue weighted by Crippen LogP contribution is 2.35. The summed E-state index contributed by atoms with van der Waals surface area (Å²) in [4.78, 5) is 41.5. The van der Waals surface area contributed by atoms with Gasteiger partial charge in [-0.15, -0.1) is 0 Å². The molecule has 0 amide bonds. The summed E-state index contributed by atoms with van der Waals surface area (Å²) in [6.07, 6.45) is 16.6. The third-order valence-corrected chi connectivity index (χ3v) is 5.86. The minimum absolute atomic E-state index is 0.216. The molecule has 0 spiro atoms. The predicted octanol–water partition coefficient (Wildman–Crippen LogP) is 6.22. The highest BCUT2D eigenvalue weighted by atomic mass is 31.2. The summed E-state index contributed by atoms with van der Waals surface area (Å²) >= 11 is 0. The average molecular weight is 495 g/mol. The van der Waals surface area contributed by atoms with E-state index in [1.165, 1.54) is 57.8 Å². The van der Waals surface area contributed by atoms with Crippen LogP contribution in [-0.2, 0) is 28.2 Å². The first-order chi connectivity index (χ1) is 15.8. The zero-order chi connectivity index (χ0) is 24.8. The fourth-order valence-corrected chi connectivity index (χ4v) is 3.77. The fourth-order valence-electron chi connectivity index (χ4n) is 3.41. The van der Waals surface area contributed by atoms with Crippen LogP contribution in [0.15, 0.2) is 0 Å². The number of rotatable bonds is 23. The molecule has 0 heterocycles. The fraction of sp³-hybridized carbons (Fsp3) is 0.917. The third kappa shape index (κ3) is 24.0. The van der Waals surface area contributed by atoms with Gasteiger partial charge in [0.05, 0.1) is 6.61 Å². The predicted molar refractivity (Wildman–Crippen MR) is 129 cm³/mol. The SMILES string of the molecule is CCCCCCCCCCCCCCCC(=O)OC(COC(=O)CCCC)COP(=O)(O)O. The summed E-state index contributed by atoms with van der Waals surface area (Å²) in [7, 11) is -4.71. The Hall–Kier alpha value is -0.950. The lowest BCUT2D eigenvalue weighted by molar-refractivity contribution is -0.161. The van der Waals surface area contributed by atoms with Gasteiger partial charge in [-0.3, -0.25) is 14.1 Å². The molecule has 0 aliphatic rings. The molecule has 8 nitrogen and oxygen atoms in total. The molecule has 33 heavy (non-hydrogen) atoms. The van der Waals surface area contributed by atoms with Crippen molar-refractivity contribution >= 4 is 19.8 Å². The zero-order valence-corrected chi connectivity index (χ0v) is 21.7. The topological polar surface area (TPSA) is 119 Å². The molecule has 1 unspecified atom stereocenters. The van der Waals surface area contributed by atoms with E-state index in [1.54, 1.807) is 0 Å². The number of unbranched alkanes of at least 4 members (excludes halogenated alkanes) is 13. The summed E-state index contributed by atoms with van der Waals surface area (Å²) in [6, 6.07) is 0. The Labute approximate surface area is 200 Å². The molecule has 1 atom stereocenters. The minimum Gasteiger partial charge on any atom is -0.462 e. The lowest BCUT2D eigenvalue weighted by atomic mass is 10.0. The van der Waals surface area contributed by atoms with E-state index in [0.717, 1.165) is 25.7 Å². The van der Waals surface area contributed by atoms with E-state index in [9.17, 15) is 14.2 Å². The van der Waals surface area contributed by atoms with E-state index in [4.69, 9.17) is 19.3 Å². The van der Waals surface area contributed by atoms with Gasteiger partial charge in [0, 0.05) is 12.8 Å². The molecule has 0 saturated carbocycles. The standard InChI is InChI=1S/C24H47O8P/c1-3-5-7-8-9-10-11-12-13-14-15-16-17-19-24(26)32-22(21-31-33(27,28)29)20-30-23(25)18-6-4-2/h22H,3-21H2,1-2H3,(H2,27,28,29). The molecular formula is C24H47O8P. The van der Waals surface area contributed by atoms with Crippen LogP contribution in [0.1, 0.15) is 123 Å². The van der Waals surface area contributed by atoms with Crippen molar-refractivity contribution in [2.75, 3.05) is 13.2 Å². The minimum atomic E-state index is -4.71. The zero-order valence-electron chi connectivity index (χ0n) is 20.8. The lowest BCUT2D eigenvalue weighted by Crippen LogP contribution is -2.29. The second-order valence-corrected chi connectivity index (χ2v) is 9.92. The highest BCUT2D eigenvalue weighted by molar-refractivity contribution is 7.46. The Kier molecular flexibility index (Phi) is 21.0. The monoisotopic (exact) mass is 494 g/mol. The molecule has 0 rings (SSSR count). The Balaban J connectivity index is 3.92. The van der Waals surface area contributed by atoms with Crippen LogP contribution < -0.4 is 0 Å². The molecule has 0 fully saturated rings. The van der Waals surface area contributed by atoms with Gasteiger partial charge in [-0.05, 0) is 12.8 Å². The van der Waals surface area contributed by atoms with Crippen LogP contribution in [0.5, 0.6) is 0 Å². The van der Waals surface area contributed by atoms with Gasteiger partial charge in [-0.25, -0.2) is 4.57 Å². The Morgan fingerprint density at radius 2 is 1.12 bits per heavy atom. The maximum absolute atomic E-state index is 12.1. The first-order valence-corrected chi connectivity index (χ1v) is 14.4. The third-order valence-electron chi connectivity index (χ3n) is 5.38. The van der Waals surface area contributed by atoms with E-state index in [1.807, 2.05) is 6.92 Å². The van der Waals surface area contributed by atoms with E-state index < -0.39 is 32.5 Å². The molecular weight excluding hydrogens is 447 g/mol. The van der Waals surface area contributed by atoms with Crippen LogP contribution in [0.25, 0.3) is 0 Å². The van der Waals surface area contributed by atoms with Crippen molar-refractivity contribution in [2.24, 2.45) is 0 Å². The summed E-state index contributed by atoms with van der Waals surface area (Å²) in [5, 5.41) is 0. The van der Waals surface area contributed by atoms with Crippen LogP contribution in [0.4, 0.5) is 0 Å². The number of esters is 2. The summed E-state index contributed by atoms with van der Waals surface area (Å²) < 4.78 is 25.6. The number of ether oxygens (including phenoxy) is 2. The first-order valence-electron chi connectivity index (χ1n) is 12.8. The second-order valence-electron chi connectivity index (χ2n) is 8.68. The van der Waals surface area contributed by atoms with E-state index in [-0.39, 0.29) is 19.4 Å². The van der Waals surface area contributed by atoms with E-state index >= 15 is 0 Å². The van der Waals surface area contributed by atoms with Gasteiger partial charge in [-0.1, -0.05) is 97.3 Å². The molecule has 0 saturated heterocycles. The molecule has 0 radical (unpaired) electrons. The number of phosphoric ester groups is 1. The van der Waals surface area contributed by atoms with Gasteiger partial charge >= 0.3 is 19.8 Å². The summed E-state index contributed by atoms with van der Waals surface area (Å²) in [6.45, 7) is 3.37. The lowest BCUT2D eigenvalue weighted by Gasteiger charge is -2.18. The van der Waals surface area contributed by atoms with Gasteiger partial charge in [0.1, 0.15) is 6.61 Å². The summed E-state index contributed by atoms with van der Waals surface area (Å²) in [5.74, 6) is -0.924. The molecule has 0 aliphatic carbocycles. The van der Waals surface area contributed by atoms with Crippen LogP contribution >= 0.6 is 7.82 Å². The molecule has 0 aromatic rings. The number of phosphoric acid groups is 1. The Bertz CT molecular complexity index is 535. The Morgan fingerprint density at radius 3 is 1.61 bits per heavy atom. The normalized spacial score (nSPS) is 12.5.